The minimum absolute atomic E-state index is 0.0383. The smallest absolute Gasteiger partial charge is 0.237 e. The summed E-state index contributed by atoms with van der Waals surface area (Å²) in [6.07, 6.45) is 3.12. The molecule has 7 heteroatoms. The largest absolute Gasteiger partial charge is 0.396 e. The lowest BCUT2D eigenvalue weighted by Gasteiger charge is -2.22. The third-order valence-corrected chi connectivity index (χ3v) is 4.11. The van der Waals surface area contributed by atoms with Crippen LogP contribution in [0.25, 0.3) is 0 Å². The first kappa shape index (κ1) is 14.4. The van der Waals surface area contributed by atoms with Crippen molar-refractivity contribution in [1.29, 1.82) is 0 Å². The summed E-state index contributed by atoms with van der Waals surface area (Å²) in [7, 11) is 0. The van der Waals surface area contributed by atoms with Gasteiger partial charge in [0.1, 0.15) is 0 Å². The predicted molar refractivity (Wildman–Crippen MR) is 75.0 cm³/mol. The predicted octanol–water partition coefficient (Wildman–Crippen LogP) is -0.344. The Labute approximate surface area is 116 Å². The minimum atomic E-state index is -0.182. The molecule has 2 heterocycles. The Balaban J connectivity index is 1.64. The lowest BCUT2D eigenvalue weighted by atomic mass is 10.1. The average molecular weight is 284 g/mol. The van der Waals surface area contributed by atoms with E-state index in [0.717, 1.165) is 29.3 Å². The molecule has 1 aliphatic rings. The van der Waals surface area contributed by atoms with E-state index in [2.05, 4.69) is 20.6 Å². The third-order valence-electron chi connectivity index (χ3n) is 3.04. The molecule has 0 saturated carbocycles. The quantitative estimate of drug-likeness (QED) is 0.514. The van der Waals surface area contributed by atoms with Crippen molar-refractivity contribution in [1.82, 2.24) is 20.6 Å². The summed E-state index contributed by atoms with van der Waals surface area (Å²) in [5.74, 6) is 1.85. The van der Waals surface area contributed by atoms with Crippen molar-refractivity contribution in [2.75, 3.05) is 24.7 Å². The normalized spacial score (nSPS) is 18.1. The first-order valence-electron chi connectivity index (χ1n) is 6.52. The molecule has 1 atom stereocenters. The van der Waals surface area contributed by atoms with Crippen LogP contribution in [0.1, 0.15) is 17.8 Å². The summed E-state index contributed by atoms with van der Waals surface area (Å²) in [4.78, 5) is 19.2. The van der Waals surface area contributed by atoms with Crippen molar-refractivity contribution < 1.29 is 9.90 Å². The number of carbonyl (C=O) groups excluding carboxylic acids is 1. The highest BCUT2D eigenvalue weighted by Gasteiger charge is 2.25. The van der Waals surface area contributed by atoms with Gasteiger partial charge in [-0.25, -0.2) is 4.98 Å². The number of H-pyrrole nitrogens is 1. The molecule has 1 aliphatic heterocycles. The van der Waals surface area contributed by atoms with Gasteiger partial charge in [0.05, 0.1) is 23.8 Å². The van der Waals surface area contributed by atoms with E-state index >= 15 is 0 Å². The summed E-state index contributed by atoms with van der Waals surface area (Å²) in [5.41, 5.74) is 2.06. The van der Waals surface area contributed by atoms with Crippen molar-refractivity contribution in [3.05, 3.63) is 17.7 Å². The van der Waals surface area contributed by atoms with Crippen molar-refractivity contribution in [2.24, 2.45) is 0 Å². The molecule has 0 radical (unpaired) electrons. The standard InChI is InChI=1S/C12H20N4O2S/c17-3-1-4-19-5-2-13-12(18)10-6-9-11(7-14-10)16-8-15-9/h8,10,14,17H,1-7H2,(H,13,18)(H,15,16). The molecule has 1 unspecified atom stereocenters. The van der Waals surface area contributed by atoms with Gasteiger partial charge in [-0.1, -0.05) is 0 Å². The molecule has 0 aliphatic carbocycles. The number of nitrogens with zero attached hydrogens (tertiary/aromatic N) is 1. The van der Waals surface area contributed by atoms with E-state index in [1.54, 1.807) is 18.1 Å². The number of imidazole rings is 1. The fourth-order valence-electron chi connectivity index (χ4n) is 1.99. The van der Waals surface area contributed by atoms with Crippen LogP contribution in [-0.4, -0.2) is 51.7 Å². The SMILES string of the molecule is O=C(NCCSCCCO)C1Cc2nc[nH]c2CN1. The van der Waals surface area contributed by atoms with E-state index in [1.165, 1.54) is 0 Å². The molecule has 0 fully saturated rings. The molecule has 2 rings (SSSR count). The van der Waals surface area contributed by atoms with Crippen LogP contribution in [0, 0.1) is 0 Å². The lowest BCUT2D eigenvalue weighted by molar-refractivity contribution is -0.123. The molecule has 0 aromatic carbocycles. The topological polar surface area (TPSA) is 90.0 Å². The molecular weight excluding hydrogens is 264 g/mol. The van der Waals surface area contributed by atoms with Gasteiger partial charge in [-0.05, 0) is 12.2 Å². The molecule has 1 aromatic heterocycles. The molecule has 0 spiro atoms. The number of hydrogen-bond acceptors (Lipinski definition) is 5. The molecule has 106 valence electrons. The van der Waals surface area contributed by atoms with Gasteiger partial charge in [0, 0.05) is 31.9 Å². The Hall–Kier alpha value is -1.05. The van der Waals surface area contributed by atoms with Crippen LogP contribution in [0.5, 0.6) is 0 Å². The van der Waals surface area contributed by atoms with Crippen LogP contribution in [0.3, 0.4) is 0 Å². The first-order valence-corrected chi connectivity index (χ1v) is 7.67. The summed E-state index contributed by atoms with van der Waals surface area (Å²) in [6.45, 7) is 1.57. The van der Waals surface area contributed by atoms with E-state index < -0.39 is 0 Å². The Morgan fingerprint density at radius 1 is 1.58 bits per heavy atom. The molecule has 0 saturated heterocycles. The molecule has 6 nitrogen and oxygen atoms in total. The molecule has 1 amide bonds. The van der Waals surface area contributed by atoms with E-state index in [1.807, 2.05) is 0 Å². The number of thioether (sulfide) groups is 1. The highest BCUT2D eigenvalue weighted by molar-refractivity contribution is 7.99. The van der Waals surface area contributed by atoms with E-state index in [4.69, 9.17) is 5.11 Å². The fraction of sp³-hybridized carbons (Fsp3) is 0.667. The Bertz CT molecular complexity index is 410. The van der Waals surface area contributed by atoms with Crippen molar-refractivity contribution in [3.8, 4) is 0 Å². The third kappa shape index (κ3) is 4.22. The fourth-order valence-corrected chi connectivity index (χ4v) is 2.78. The van der Waals surface area contributed by atoms with Gasteiger partial charge in [-0.3, -0.25) is 10.1 Å². The first-order chi connectivity index (χ1) is 9.31. The number of nitrogens with one attached hydrogen (secondary N) is 3. The van der Waals surface area contributed by atoms with Crippen LogP contribution >= 0.6 is 11.8 Å². The average Bonchev–Trinajstić information content (AvgIpc) is 2.89. The van der Waals surface area contributed by atoms with E-state index in [0.29, 0.717) is 19.5 Å². The summed E-state index contributed by atoms with van der Waals surface area (Å²) >= 11 is 1.74. The number of aliphatic hydroxyl groups excluding tert-OH is 1. The number of rotatable bonds is 7. The van der Waals surface area contributed by atoms with Crippen molar-refractivity contribution in [2.45, 2.75) is 25.4 Å². The number of hydrogen-bond donors (Lipinski definition) is 4. The zero-order valence-electron chi connectivity index (χ0n) is 10.8. The molecule has 4 N–H and O–H groups in total. The van der Waals surface area contributed by atoms with Crippen molar-refractivity contribution >= 4 is 17.7 Å². The second kappa shape index (κ2) is 7.52. The molecule has 1 aromatic rings. The second-order valence-corrected chi connectivity index (χ2v) is 5.67. The van der Waals surface area contributed by atoms with Gasteiger partial charge >= 0.3 is 0 Å². The number of aromatic nitrogens is 2. The molecule has 19 heavy (non-hydrogen) atoms. The maximum atomic E-state index is 12.0. The van der Waals surface area contributed by atoms with Gasteiger partial charge in [0.25, 0.3) is 0 Å². The van der Waals surface area contributed by atoms with E-state index in [-0.39, 0.29) is 18.6 Å². The van der Waals surface area contributed by atoms with Gasteiger partial charge in [-0.2, -0.15) is 11.8 Å². The van der Waals surface area contributed by atoms with Crippen LogP contribution in [0.2, 0.25) is 0 Å². The van der Waals surface area contributed by atoms with Crippen LogP contribution in [0.15, 0.2) is 6.33 Å². The zero-order chi connectivity index (χ0) is 13.5. The number of aromatic amines is 1. The summed E-state index contributed by atoms with van der Waals surface area (Å²) in [5, 5.41) is 14.8. The van der Waals surface area contributed by atoms with Gasteiger partial charge in [0.15, 0.2) is 0 Å². The van der Waals surface area contributed by atoms with Gasteiger partial charge in [0.2, 0.25) is 5.91 Å². The number of carbonyl (C=O) groups is 1. The van der Waals surface area contributed by atoms with Crippen LogP contribution < -0.4 is 10.6 Å². The monoisotopic (exact) mass is 284 g/mol. The molecule has 0 bridgehead atoms. The van der Waals surface area contributed by atoms with Crippen molar-refractivity contribution in [3.63, 3.8) is 0 Å². The zero-order valence-corrected chi connectivity index (χ0v) is 11.6. The van der Waals surface area contributed by atoms with Crippen LogP contribution in [0.4, 0.5) is 0 Å². The van der Waals surface area contributed by atoms with E-state index in [9.17, 15) is 4.79 Å². The van der Waals surface area contributed by atoms with Crippen LogP contribution in [-0.2, 0) is 17.8 Å². The summed E-state index contributed by atoms with van der Waals surface area (Å²) < 4.78 is 0. The Morgan fingerprint density at radius 3 is 3.32 bits per heavy atom. The lowest BCUT2D eigenvalue weighted by Crippen LogP contribution is -2.48. The molecular formula is C12H20N4O2S. The number of fused-ring (bicyclic) bond motifs is 1. The Kier molecular flexibility index (Phi) is 5.68. The maximum Gasteiger partial charge on any atom is 0.237 e. The maximum absolute atomic E-state index is 12.0. The van der Waals surface area contributed by atoms with Gasteiger partial charge in [-0.15, -0.1) is 0 Å². The summed E-state index contributed by atoms with van der Waals surface area (Å²) in [6, 6.07) is -0.182. The minimum Gasteiger partial charge on any atom is -0.396 e. The highest BCUT2D eigenvalue weighted by Crippen LogP contribution is 2.12. The number of aliphatic hydroxyl groups is 1. The highest BCUT2D eigenvalue weighted by atomic mass is 32.2. The second-order valence-electron chi connectivity index (χ2n) is 4.45. The Morgan fingerprint density at radius 2 is 2.47 bits per heavy atom. The van der Waals surface area contributed by atoms with Gasteiger partial charge < -0.3 is 15.4 Å². The number of amides is 1.